The van der Waals surface area contributed by atoms with Crippen molar-refractivity contribution in [1.29, 1.82) is 0 Å². The highest BCUT2D eigenvalue weighted by atomic mass is 79.9. The zero-order chi connectivity index (χ0) is 12.1. The minimum atomic E-state index is 0.0641. The summed E-state index contributed by atoms with van der Waals surface area (Å²) in [6.07, 6.45) is 5.65. The first-order valence-corrected chi connectivity index (χ1v) is 7.39. The highest BCUT2D eigenvalue weighted by molar-refractivity contribution is 9.09. The first kappa shape index (κ1) is 12.6. The molecule has 3 heteroatoms. The molecular weight excluding hydrogens is 278 g/mol. The van der Waals surface area contributed by atoms with Crippen molar-refractivity contribution in [2.45, 2.75) is 32.1 Å². The number of alkyl halides is 1. The predicted octanol–water partition coefficient (Wildman–Crippen LogP) is 3.08. The lowest BCUT2D eigenvalue weighted by molar-refractivity contribution is 0.0953. The van der Waals surface area contributed by atoms with Gasteiger partial charge in [-0.05, 0) is 55.4 Å². The highest BCUT2D eigenvalue weighted by Crippen LogP contribution is 2.22. The van der Waals surface area contributed by atoms with Gasteiger partial charge in [0.1, 0.15) is 0 Å². The summed E-state index contributed by atoms with van der Waals surface area (Å²) >= 11 is 3.38. The Bertz CT molecular complexity index is 403. The fourth-order valence-electron chi connectivity index (χ4n) is 2.24. The number of fused-ring (bicyclic) bond motifs is 1. The molecule has 1 aliphatic rings. The number of hydrogen-bond acceptors (Lipinski definition) is 1. The Hall–Kier alpha value is -0.830. The second-order valence-corrected chi connectivity index (χ2v) is 5.28. The third kappa shape index (κ3) is 3.32. The zero-order valence-electron chi connectivity index (χ0n) is 9.97. The third-order valence-corrected chi connectivity index (χ3v) is 3.77. The fraction of sp³-hybridized carbons (Fsp3) is 0.500. The molecule has 0 aliphatic heterocycles. The minimum absolute atomic E-state index is 0.0641. The Morgan fingerprint density at radius 3 is 2.88 bits per heavy atom. The Balaban J connectivity index is 1.91. The fourth-order valence-corrected chi connectivity index (χ4v) is 2.63. The van der Waals surface area contributed by atoms with Crippen LogP contribution in [0.2, 0.25) is 0 Å². The Morgan fingerprint density at radius 2 is 2.06 bits per heavy atom. The van der Waals surface area contributed by atoms with Gasteiger partial charge in [-0.2, -0.15) is 0 Å². The van der Waals surface area contributed by atoms with E-state index in [-0.39, 0.29) is 5.91 Å². The van der Waals surface area contributed by atoms with Crippen molar-refractivity contribution < 1.29 is 4.79 Å². The van der Waals surface area contributed by atoms with Crippen LogP contribution in [0.5, 0.6) is 0 Å². The molecule has 1 N–H and O–H groups in total. The number of unbranched alkanes of at least 4 members (excludes halogenated alkanes) is 1. The van der Waals surface area contributed by atoms with Gasteiger partial charge >= 0.3 is 0 Å². The van der Waals surface area contributed by atoms with Crippen LogP contribution in [0.1, 0.15) is 40.7 Å². The van der Waals surface area contributed by atoms with Crippen LogP contribution in [0, 0.1) is 0 Å². The van der Waals surface area contributed by atoms with Gasteiger partial charge in [-0.15, -0.1) is 0 Å². The van der Waals surface area contributed by atoms with Crippen LogP contribution in [-0.2, 0) is 12.8 Å². The molecule has 0 atom stereocenters. The van der Waals surface area contributed by atoms with Crippen LogP contribution in [0.15, 0.2) is 18.2 Å². The van der Waals surface area contributed by atoms with E-state index >= 15 is 0 Å². The molecule has 1 aromatic carbocycles. The number of benzene rings is 1. The molecule has 1 aromatic rings. The van der Waals surface area contributed by atoms with Crippen molar-refractivity contribution in [2.75, 3.05) is 11.9 Å². The van der Waals surface area contributed by atoms with Gasteiger partial charge in [0.05, 0.1) is 0 Å². The summed E-state index contributed by atoms with van der Waals surface area (Å²) in [5.74, 6) is 0.0641. The Labute approximate surface area is 111 Å². The van der Waals surface area contributed by atoms with Gasteiger partial charge in [0.2, 0.25) is 0 Å². The number of rotatable bonds is 5. The maximum Gasteiger partial charge on any atom is 0.251 e. The molecule has 0 heterocycles. The number of hydrogen-bond donors (Lipinski definition) is 1. The van der Waals surface area contributed by atoms with E-state index in [9.17, 15) is 4.79 Å². The third-order valence-electron chi connectivity index (χ3n) is 3.21. The molecule has 0 spiro atoms. The number of nitrogens with one attached hydrogen (secondary N) is 1. The minimum Gasteiger partial charge on any atom is -0.352 e. The number of amides is 1. The van der Waals surface area contributed by atoms with Crippen molar-refractivity contribution in [3.05, 3.63) is 34.9 Å². The van der Waals surface area contributed by atoms with Crippen LogP contribution in [-0.4, -0.2) is 17.8 Å². The average molecular weight is 296 g/mol. The number of halogens is 1. The van der Waals surface area contributed by atoms with Crippen LogP contribution in [0.4, 0.5) is 0 Å². The average Bonchev–Trinajstić information content (AvgIpc) is 2.81. The summed E-state index contributed by atoms with van der Waals surface area (Å²) in [5, 5.41) is 3.97. The zero-order valence-corrected chi connectivity index (χ0v) is 11.6. The quantitative estimate of drug-likeness (QED) is 0.656. The Morgan fingerprint density at radius 1 is 1.24 bits per heavy atom. The van der Waals surface area contributed by atoms with E-state index in [1.54, 1.807) is 0 Å². The summed E-state index contributed by atoms with van der Waals surface area (Å²) in [6, 6.07) is 6.11. The van der Waals surface area contributed by atoms with Crippen molar-refractivity contribution in [3.8, 4) is 0 Å². The van der Waals surface area contributed by atoms with Gasteiger partial charge < -0.3 is 5.32 Å². The first-order chi connectivity index (χ1) is 8.31. The summed E-state index contributed by atoms with van der Waals surface area (Å²) < 4.78 is 0. The first-order valence-electron chi connectivity index (χ1n) is 6.27. The molecule has 2 rings (SSSR count). The van der Waals surface area contributed by atoms with Gasteiger partial charge in [0.25, 0.3) is 5.91 Å². The lowest BCUT2D eigenvalue weighted by atomic mass is 10.1. The molecule has 0 radical (unpaired) electrons. The van der Waals surface area contributed by atoms with Crippen molar-refractivity contribution in [3.63, 3.8) is 0 Å². The van der Waals surface area contributed by atoms with Crippen molar-refractivity contribution in [1.82, 2.24) is 5.32 Å². The molecule has 2 nitrogen and oxygen atoms in total. The molecule has 0 aromatic heterocycles. The van der Waals surface area contributed by atoms with E-state index in [4.69, 9.17) is 0 Å². The highest BCUT2D eigenvalue weighted by Gasteiger charge is 2.13. The van der Waals surface area contributed by atoms with Crippen LogP contribution < -0.4 is 5.32 Å². The largest absolute Gasteiger partial charge is 0.352 e. The topological polar surface area (TPSA) is 29.1 Å². The van der Waals surface area contributed by atoms with Gasteiger partial charge in [-0.1, -0.05) is 22.0 Å². The van der Waals surface area contributed by atoms with Gasteiger partial charge in [0, 0.05) is 17.4 Å². The monoisotopic (exact) mass is 295 g/mol. The maximum atomic E-state index is 11.9. The second-order valence-electron chi connectivity index (χ2n) is 4.49. The molecule has 0 saturated heterocycles. The molecule has 0 fully saturated rings. The summed E-state index contributed by atoms with van der Waals surface area (Å²) in [5.41, 5.74) is 3.59. The van der Waals surface area contributed by atoms with Gasteiger partial charge in [-0.25, -0.2) is 0 Å². The summed E-state index contributed by atoms with van der Waals surface area (Å²) in [7, 11) is 0. The molecule has 0 unspecified atom stereocenters. The standard InChI is InChI=1S/C14H18BrNO/c15-8-1-2-9-16-14(17)13-7-6-11-4-3-5-12(11)10-13/h6-7,10H,1-5,8-9H2,(H,16,17). The van der Waals surface area contributed by atoms with E-state index in [1.807, 2.05) is 6.07 Å². The molecule has 92 valence electrons. The smallest absolute Gasteiger partial charge is 0.251 e. The number of carbonyl (C=O) groups excluding carboxylic acids is 1. The van der Waals surface area contributed by atoms with E-state index in [0.29, 0.717) is 0 Å². The number of aryl methyl sites for hydroxylation is 2. The van der Waals surface area contributed by atoms with E-state index in [1.165, 1.54) is 24.0 Å². The molecule has 17 heavy (non-hydrogen) atoms. The second kappa shape index (κ2) is 6.20. The van der Waals surface area contributed by atoms with E-state index in [0.717, 1.165) is 36.7 Å². The molecular formula is C14H18BrNO. The SMILES string of the molecule is O=C(NCCCCBr)c1ccc2c(c1)CCC2. The van der Waals surface area contributed by atoms with Crippen LogP contribution in [0.3, 0.4) is 0 Å². The lowest BCUT2D eigenvalue weighted by Gasteiger charge is -2.06. The summed E-state index contributed by atoms with van der Waals surface area (Å²) in [6.45, 7) is 0.765. The van der Waals surface area contributed by atoms with Gasteiger partial charge in [-0.3, -0.25) is 4.79 Å². The predicted molar refractivity (Wildman–Crippen MR) is 73.8 cm³/mol. The van der Waals surface area contributed by atoms with E-state index in [2.05, 4.69) is 33.4 Å². The van der Waals surface area contributed by atoms with Crippen molar-refractivity contribution in [2.24, 2.45) is 0 Å². The van der Waals surface area contributed by atoms with Crippen LogP contribution in [0.25, 0.3) is 0 Å². The Kier molecular flexibility index (Phi) is 4.60. The summed E-state index contributed by atoms with van der Waals surface area (Å²) in [4.78, 5) is 11.9. The number of carbonyl (C=O) groups is 1. The van der Waals surface area contributed by atoms with Crippen LogP contribution >= 0.6 is 15.9 Å². The van der Waals surface area contributed by atoms with E-state index < -0.39 is 0 Å². The lowest BCUT2D eigenvalue weighted by Crippen LogP contribution is -2.24. The molecule has 1 aliphatic carbocycles. The normalized spacial score (nSPS) is 13.5. The maximum absolute atomic E-state index is 11.9. The molecule has 0 bridgehead atoms. The van der Waals surface area contributed by atoms with Crippen molar-refractivity contribution >= 4 is 21.8 Å². The van der Waals surface area contributed by atoms with Gasteiger partial charge in [0.15, 0.2) is 0 Å². The molecule has 0 saturated carbocycles. The molecule has 1 amide bonds.